The van der Waals surface area contributed by atoms with Gasteiger partial charge >= 0.3 is 6.03 Å². The molecular weight excluding hydrogens is 300 g/mol. The average Bonchev–Trinajstić information content (AvgIpc) is 2.96. The van der Waals surface area contributed by atoms with Crippen LogP contribution in [0.25, 0.3) is 0 Å². The molecule has 1 aromatic carbocycles. The third kappa shape index (κ3) is 4.29. The van der Waals surface area contributed by atoms with E-state index in [1.165, 1.54) is 11.3 Å². The number of anilines is 2. The summed E-state index contributed by atoms with van der Waals surface area (Å²) in [5.74, 6) is -0.197. The van der Waals surface area contributed by atoms with Gasteiger partial charge in [-0.3, -0.25) is 4.79 Å². The third-order valence-corrected chi connectivity index (χ3v) is 3.90. The number of hydrogen-bond acceptors (Lipinski definition) is 4. The summed E-state index contributed by atoms with van der Waals surface area (Å²) >= 11 is 1.40. The van der Waals surface area contributed by atoms with E-state index >= 15 is 0 Å². The van der Waals surface area contributed by atoms with Crippen LogP contribution in [0.4, 0.5) is 16.2 Å². The van der Waals surface area contributed by atoms with Gasteiger partial charge in [-0.05, 0) is 31.0 Å². The zero-order valence-corrected chi connectivity index (χ0v) is 13.3. The lowest BCUT2D eigenvalue weighted by molar-refractivity contribution is 0.103. The Hall–Kier alpha value is -2.41. The highest BCUT2D eigenvalue weighted by molar-refractivity contribution is 7.13. The molecule has 0 aliphatic rings. The molecule has 0 saturated carbocycles. The Morgan fingerprint density at radius 2 is 1.95 bits per heavy atom. The molecule has 0 radical (unpaired) electrons. The number of rotatable bonds is 5. The van der Waals surface area contributed by atoms with Gasteiger partial charge in [0.15, 0.2) is 0 Å². The highest BCUT2D eigenvalue weighted by Crippen LogP contribution is 2.19. The van der Waals surface area contributed by atoms with Crippen LogP contribution in [0, 0.1) is 0 Å². The maximum absolute atomic E-state index is 12.2. The van der Waals surface area contributed by atoms with Crippen molar-refractivity contribution >= 4 is 34.6 Å². The minimum Gasteiger partial charge on any atom is -0.341 e. The number of carbonyl (C=O) groups is 2. The number of amides is 3. The van der Waals surface area contributed by atoms with E-state index in [1.54, 1.807) is 37.5 Å². The molecule has 0 unspecified atom stereocenters. The molecule has 2 aromatic rings. The second-order valence-electron chi connectivity index (χ2n) is 4.61. The van der Waals surface area contributed by atoms with E-state index in [0.29, 0.717) is 16.3 Å². The number of carbonyl (C=O) groups excluding carboxylic acids is 2. The topological polar surface area (TPSA) is 83.1 Å². The second kappa shape index (κ2) is 7.56. The van der Waals surface area contributed by atoms with Crippen LogP contribution in [0.5, 0.6) is 0 Å². The predicted octanol–water partition coefficient (Wildman–Crippen LogP) is 3.10. The van der Waals surface area contributed by atoms with Gasteiger partial charge in [0.25, 0.3) is 5.91 Å². The summed E-state index contributed by atoms with van der Waals surface area (Å²) < 4.78 is 0. The van der Waals surface area contributed by atoms with E-state index in [4.69, 9.17) is 0 Å². The van der Waals surface area contributed by atoms with Gasteiger partial charge < -0.3 is 16.0 Å². The van der Waals surface area contributed by atoms with Gasteiger partial charge in [0.2, 0.25) is 0 Å². The summed E-state index contributed by atoms with van der Waals surface area (Å²) in [7, 11) is 1.54. The average molecular weight is 318 g/mol. The summed E-state index contributed by atoms with van der Waals surface area (Å²) in [5.41, 5.74) is 1.22. The molecule has 7 heteroatoms. The summed E-state index contributed by atoms with van der Waals surface area (Å²) in [5, 5.41) is 8.89. The van der Waals surface area contributed by atoms with Crippen LogP contribution in [0.15, 0.2) is 30.5 Å². The molecule has 0 saturated heterocycles. The lowest BCUT2D eigenvalue weighted by Gasteiger charge is -2.07. The van der Waals surface area contributed by atoms with Gasteiger partial charge in [0.1, 0.15) is 4.88 Å². The lowest BCUT2D eigenvalue weighted by Crippen LogP contribution is -2.24. The summed E-state index contributed by atoms with van der Waals surface area (Å²) in [6.07, 6.45) is 3.48. The van der Waals surface area contributed by atoms with Crippen molar-refractivity contribution in [2.24, 2.45) is 0 Å². The van der Waals surface area contributed by atoms with E-state index in [-0.39, 0.29) is 11.9 Å². The highest BCUT2D eigenvalue weighted by Gasteiger charge is 2.11. The molecule has 0 fully saturated rings. The standard InChI is InChI=1S/C15H18N4O2S/c1-3-5-13-17-9-12(22-13)14(20)18-10-6-4-7-11(8-10)19-15(21)16-2/h4,6-9H,3,5H2,1-2H3,(H,18,20)(H2,16,19,21). The first kappa shape index (κ1) is 16.0. The molecule has 3 amide bonds. The van der Waals surface area contributed by atoms with Crippen LogP contribution in [0.1, 0.15) is 28.0 Å². The van der Waals surface area contributed by atoms with Gasteiger partial charge in [-0.15, -0.1) is 11.3 Å². The van der Waals surface area contributed by atoms with Gasteiger partial charge in [-0.2, -0.15) is 0 Å². The Morgan fingerprint density at radius 1 is 1.23 bits per heavy atom. The summed E-state index contributed by atoms with van der Waals surface area (Å²) in [6, 6.07) is 6.66. The van der Waals surface area contributed by atoms with Crippen LogP contribution in [0.2, 0.25) is 0 Å². The monoisotopic (exact) mass is 318 g/mol. The maximum atomic E-state index is 12.2. The molecule has 6 nitrogen and oxygen atoms in total. The minimum atomic E-state index is -0.310. The number of urea groups is 1. The van der Waals surface area contributed by atoms with Crippen molar-refractivity contribution in [2.45, 2.75) is 19.8 Å². The van der Waals surface area contributed by atoms with Crippen LogP contribution < -0.4 is 16.0 Å². The lowest BCUT2D eigenvalue weighted by atomic mass is 10.2. The zero-order chi connectivity index (χ0) is 15.9. The van der Waals surface area contributed by atoms with Crippen molar-refractivity contribution < 1.29 is 9.59 Å². The van der Waals surface area contributed by atoms with E-state index in [1.807, 2.05) is 0 Å². The molecule has 0 spiro atoms. The molecule has 116 valence electrons. The van der Waals surface area contributed by atoms with E-state index < -0.39 is 0 Å². The van der Waals surface area contributed by atoms with Crippen LogP contribution >= 0.6 is 11.3 Å². The molecule has 0 bridgehead atoms. The van der Waals surface area contributed by atoms with Crippen molar-refractivity contribution in [3.63, 3.8) is 0 Å². The predicted molar refractivity (Wildman–Crippen MR) is 88.6 cm³/mol. The molecule has 0 aliphatic carbocycles. The Morgan fingerprint density at radius 3 is 2.64 bits per heavy atom. The van der Waals surface area contributed by atoms with E-state index in [9.17, 15) is 9.59 Å². The molecule has 1 aromatic heterocycles. The fraction of sp³-hybridized carbons (Fsp3) is 0.267. The number of nitrogens with one attached hydrogen (secondary N) is 3. The zero-order valence-electron chi connectivity index (χ0n) is 12.5. The smallest absolute Gasteiger partial charge is 0.318 e. The summed E-state index contributed by atoms with van der Waals surface area (Å²) in [6.45, 7) is 2.08. The second-order valence-corrected chi connectivity index (χ2v) is 5.72. The van der Waals surface area contributed by atoms with Crippen LogP contribution in [-0.2, 0) is 6.42 Å². The molecule has 1 heterocycles. The normalized spacial score (nSPS) is 10.1. The van der Waals surface area contributed by atoms with Crippen LogP contribution in [-0.4, -0.2) is 24.0 Å². The highest BCUT2D eigenvalue weighted by atomic mass is 32.1. The molecule has 2 rings (SSSR count). The third-order valence-electron chi connectivity index (χ3n) is 2.85. The van der Waals surface area contributed by atoms with Gasteiger partial charge in [-0.1, -0.05) is 13.0 Å². The maximum Gasteiger partial charge on any atom is 0.318 e. The van der Waals surface area contributed by atoms with Gasteiger partial charge in [0.05, 0.1) is 11.2 Å². The van der Waals surface area contributed by atoms with Crippen molar-refractivity contribution in [1.29, 1.82) is 0 Å². The largest absolute Gasteiger partial charge is 0.341 e. The number of nitrogens with zero attached hydrogens (tertiary/aromatic N) is 1. The first-order valence-electron chi connectivity index (χ1n) is 6.97. The Labute approximate surface area is 133 Å². The quantitative estimate of drug-likeness (QED) is 0.792. The van der Waals surface area contributed by atoms with Crippen molar-refractivity contribution in [3.05, 3.63) is 40.3 Å². The van der Waals surface area contributed by atoms with Gasteiger partial charge in [-0.25, -0.2) is 9.78 Å². The number of benzene rings is 1. The molecule has 0 atom stereocenters. The van der Waals surface area contributed by atoms with Crippen LogP contribution in [0.3, 0.4) is 0 Å². The Bertz CT molecular complexity index is 669. The molecular formula is C15H18N4O2S. The van der Waals surface area contributed by atoms with Crippen molar-refractivity contribution in [3.8, 4) is 0 Å². The first-order chi connectivity index (χ1) is 10.6. The fourth-order valence-electron chi connectivity index (χ4n) is 1.81. The molecule has 0 aliphatic heterocycles. The van der Waals surface area contributed by atoms with Crippen molar-refractivity contribution in [2.75, 3.05) is 17.7 Å². The molecule has 3 N–H and O–H groups in total. The SMILES string of the molecule is CCCc1ncc(C(=O)Nc2cccc(NC(=O)NC)c2)s1. The number of thiazole rings is 1. The minimum absolute atomic E-state index is 0.197. The van der Waals surface area contributed by atoms with E-state index in [0.717, 1.165) is 17.8 Å². The van der Waals surface area contributed by atoms with Crippen molar-refractivity contribution in [1.82, 2.24) is 10.3 Å². The first-order valence-corrected chi connectivity index (χ1v) is 7.79. The number of hydrogen-bond donors (Lipinski definition) is 3. The van der Waals surface area contributed by atoms with E-state index in [2.05, 4.69) is 27.9 Å². The number of aryl methyl sites for hydroxylation is 1. The molecule has 22 heavy (non-hydrogen) atoms. The Kier molecular flexibility index (Phi) is 5.48. The number of aromatic nitrogens is 1. The van der Waals surface area contributed by atoms with Gasteiger partial charge in [0, 0.05) is 18.4 Å². The fourth-order valence-corrected chi connectivity index (χ4v) is 2.72. The Balaban J connectivity index is 2.04. The summed E-state index contributed by atoms with van der Waals surface area (Å²) in [4.78, 5) is 28.3.